The maximum absolute atomic E-state index is 13.1. The highest BCUT2D eigenvalue weighted by Gasteiger charge is 2.59. The lowest BCUT2D eigenvalue weighted by Crippen LogP contribution is -2.50. The fourth-order valence-electron chi connectivity index (χ4n) is 7.78. The molecule has 0 saturated heterocycles. The van der Waals surface area contributed by atoms with Gasteiger partial charge in [-0.05, 0) is 92.3 Å². The van der Waals surface area contributed by atoms with Crippen molar-refractivity contribution < 1.29 is 4.79 Å². The molecule has 3 saturated carbocycles. The molecule has 4 aliphatic rings. The van der Waals surface area contributed by atoms with E-state index in [4.69, 9.17) is 0 Å². The molecule has 0 aromatic heterocycles. The summed E-state index contributed by atoms with van der Waals surface area (Å²) >= 11 is 0. The van der Waals surface area contributed by atoms with Crippen LogP contribution in [-0.2, 0) is 4.79 Å². The van der Waals surface area contributed by atoms with Crippen LogP contribution in [-0.4, -0.2) is 5.78 Å². The molecule has 0 N–H and O–H groups in total. The summed E-state index contributed by atoms with van der Waals surface area (Å²) in [4.78, 5) is 13.1. The summed E-state index contributed by atoms with van der Waals surface area (Å²) in [6, 6.07) is 0. The predicted octanol–water partition coefficient (Wildman–Crippen LogP) is 7.13. The quantitative estimate of drug-likeness (QED) is 0.516. The van der Waals surface area contributed by atoms with Gasteiger partial charge in [0, 0.05) is 12.3 Å². The lowest BCUT2D eigenvalue weighted by molar-refractivity contribution is -0.130. The van der Waals surface area contributed by atoms with E-state index in [0.29, 0.717) is 23.0 Å². The van der Waals surface area contributed by atoms with Crippen molar-refractivity contribution in [2.45, 2.75) is 91.9 Å². The smallest absolute Gasteiger partial charge is 0.136 e. The van der Waals surface area contributed by atoms with Gasteiger partial charge in [-0.2, -0.15) is 0 Å². The molecule has 0 bridgehead atoms. The third-order valence-electron chi connectivity index (χ3n) is 9.44. The molecule has 1 nitrogen and oxygen atoms in total. The van der Waals surface area contributed by atoms with Gasteiger partial charge in [0.1, 0.15) is 5.78 Å². The molecular formula is C26H40O. The summed E-state index contributed by atoms with van der Waals surface area (Å²) in [6.45, 7) is 13.8. The van der Waals surface area contributed by atoms with Crippen LogP contribution in [0.4, 0.5) is 0 Å². The van der Waals surface area contributed by atoms with Gasteiger partial charge in [0.2, 0.25) is 0 Å². The van der Waals surface area contributed by atoms with Crippen molar-refractivity contribution in [1.29, 1.82) is 0 Å². The van der Waals surface area contributed by atoms with Crippen LogP contribution in [0.5, 0.6) is 0 Å². The Morgan fingerprint density at radius 3 is 2.63 bits per heavy atom. The second kappa shape index (κ2) is 6.89. The Kier molecular flexibility index (Phi) is 4.97. The number of allylic oxidation sites excluding steroid dienone is 3. The summed E-state index contributed by atoms with van der Waals surface area (Å²) in [7, 11) is 0. The van der Waals surface area contributed by atoms with E-state index >= 15 is 0 Å². The molecule has 0 aromatic carbocycles. The number of hydrogen-bond acceptors (Lipinski definition) is 1. The van der Waals surface area contributed by atoms with Crippen LogP contribution >= 0.6 is 0 Å². The van der Waals surface area contributed by atoms with E-state index < -0.39 is 0 Å². The van der Waals surface area contributed by atoms with Gasteiger partial charge < -0.3 is 0 Å². The molecule has 4 rings (SSSR count). The van der Waals surface area contributed by atoms with Gasteiger partial charge in [0.05, 0.1) is 0 Å². The van der Waals surface area contributed by atoms with Crippen LogP contribution in [0.15, 0.2) is 23.8 Å². The molecule has 0 aliphatic heterocycles. The molecule has 0 heterocycles. The van der Waals surface area contributed by atoms with Crippen molar-refractivity contribution in [3.05, 3.63) is 23.8 Å². The van der Waals surface area contributed by atoms with Crippen LogP contribution in [0.1, 0.15) is 91.9 Å². The molecule has 150 valence electrons. The second-order valence-corrected chi connectivity index (χ2v) is 11.2. The molecule has 1 heteroatoms. The molecular weight excluding hydrogens is 328 g/mol. The molecule has 0 aromatic rings. The van der Waals surface area contributed by atoms with Crippen LogP contribution in [0.25, 0.3) is 0 Å². The first-order valence-electron chi connectivity index (χ1n) is 11.7. The molecule has 0 radical (unpaired) electrons. The summed E-state index contributed by atoms with van der Waals surface area (Å²) in [5.74, 6) is 4.04. The minimum atomic E-state index is 0.283. The number of carbonyl (C=O) groups is 1. The SMILES string of the molecule is C=C1C=C2CC[C@@H]3C(CC[C@]4(C)[C@@H](C(=O)CCC(C)C)CC[C@@H]34)[C@@]2(C)CC1. The number of carbonyl (C=O) groups excluding carboxylic acids is 1. The lowest BCUT2D eigenvalue weighted by Gasteiger charge is -2.58. The number of rotatable bonds is 4. The van der Waals surface area contributed by atoms with Crippen molar-refractivity contribution in [3.8, 4) is 0 Å². The summed E-state index contributed by atoms with van der Waals surface area (Å²) in [5, 5.41) is 0. The van der Waals surface area contributed by atoms with E-state index in [-0.39, 0.29) is 5.41 Å². The Bertz CT molecular complexity index is 655. The highest BCUT2D eigenvalue weighted by Crippen LogP contribution is 2.67. The van der Waals surface area contributed by atoms with Crippen LogP contribution in [0.2, 0.25) is 0 Å². The van der Waals surface area contributed by atoms with E-state index in [1.54, 1.807) is 5.57 Å². The fraction of sp³-hybridized carbons (Fsp3) is 0.808. The third kappa shape index (κ3) is 3.08. The first kappa shape index (κ1) is 19.5. The van der Waals surface area contributed by atoms with E-state index in [9.17, 15) is 4.79 Å². The predicted molar refractivity (Wildman–Crippen MR) is 113 cm³/mol. The monoisotopic (exact) mass is 368 g/mol. The standard InChI is InChI=1S/C26H40O/c1-17(2)6-11-24(27)23-10-9-21-20-8-7-19-16-18(3)12-14-25(19,4)22(20)13-15-26(21,23)5/h16-17,20-23H,3,6-15H2,1-2,4-5H3/t20-,21-,22?,23+,25-,26-/m0/s1. The Labute approximate surface area is 167 Å². The Morgan fingerprint density at radius 1 is 1.11 bits per heavy atom. The van der Waals surface area contributed by atoms with Crippen molar-refractivity contribution in [2.24, 2.45) is 40.4 Å². The second-order valence-electron chi connectivity index (χ2n) is 11.2. The largest absolute Gasteiger partial charge is 0.299 e. The molecule has 27 heavy (non-hydrogen) atoms. The van der Waals surface area contributed by atoms with Gasteiger partial charge in [0.15, 0.2) is 0 Å². The maximum Gasteiger partial charge on any atom is 0.136 e. The van der Waals surface area contributed by atoms with Gasteiger partial charge in [0.25, 0.3) is 0 Å². The van der Waals surface area contributed by atoms with E-state index in [1.165, 1.54) is 50.5 Å². The van der Waals surface area contributed by atoms with E-state index in [0.717, 1.165) is 37.0 Å². The Morgan fingerprint density at radius 2 is 1.89 bits per heavy atom. The molecule has 4 aliphatic carbocycles. The highest BCUT2D eigenvalue weighted by molar-refractivity contribution is 5.82. The summed E-state index contributed by atoms with van der Waals surface area (Å²) < 4.78 is 0. The summed E-state index contributed by atoms with van der Waals surface area (Å²) in [6.07, 6.45) is 14.5. The van der Waals surface area contributed by atoms with Gasteiger partial charge in [-0.25, -0.2) is 0 Å². The van der Waals surface area contributed by atoms with Crippen LogP contribution in [0, 0.1) is 40.4 Å². The average Bonchev–Trinajstić information content (AvgIpc) is 2.97. The zero-order chi connectivity index (χ0) is 19.4. The Hall–Kier alpha value is -0.850. The maximum atomic E-state index is 13.1. The molecule has 0 spiro atoms. The van der Waals surface area contributed by atoms with Gasteiger partial charge >= 0.3 is 0 Å². The first-order valence-corrected chi connectivity index (χ1v) is 11.7. The molecule has 3 fully saturated rings. The fourth-order valence-corrected chi connectivity index (χ4v) is 7.78. The average molecular weight is 369 g/mol. The van der Waals surface area contributed by atoms with Crippen molar-refractivity contribution in [3.63, 3.8) is 0 Å². The zero-order valence-electron chi connectivity index (χ0n) is 18.2. The summed E-state index contributed by atoms with van der Waals surface area (Å²) in [5.41, 5.74) is 3.74. The number of ketones is 1. The lowest BCUT2D eigenvalue weighted by atomic mass is 9.46. The number of Topliss-reactive ketones (excluding diaryl/α,β-unsaturated/α-hetero) is 1. The number of hydrogen-bond donors (Lipinski definition) is 0. The van der Waals surface area contributed by atoms with Gasteiger partial charge in [-0.3, -0.25) is 4.79 Å². The van der Waals surface area contributed by atoms with Gasteiger partial charge in [-0.15, -0.1) is 0 Å². The van der Waals surface area contributed by atoms with Crippen molar-refractivity contribution >= 4 is 5.78 Å². The van der Waals surface area contributed by atoms with Crippen LogP contribution < -0.4 is 0 Å². The molecule has 6 atom stereocenters. The minimum absolute atomic E-state index is 0.283. The zero-order valence-corrected chi connectivity index (χ0v) is 18.2. The number of fused-ring (bicyclic) bond motifs is 5. The molecule has 0 amide bonds. The van der Waals surface area contributed by atoms with Crippen LogP contribution in [0.3, 0.4) is 0 Å². The Balaban J connectivity index is 1.55. The first-order chi connectivity index (χ1) is 12.8. The topological polar surface area (TPSA) is 17.1 Å². The normalized spacial score (nSPS) is 43.7. The van der Waals surface area contributed by atoms with E-state index in [2.05, 4.69) is 40.3 Å². The van der Waals surface area contributed by atoms with Crippen molar-refractivity contribution in [2.75, 3.05) is 0 Å². The minimum Gasteiger partial charge on any atom is -0.299 e. The van der Waals surface area contributed by atoms with E-state index in [1.807, 2.05) is 0 Å². The van der Waals surface area contributed by atoms with Gasteiger partial charge in [-0.1, -0.05) is 51.5 Å². The van der Waals surface area contributed by atoms with Crippen molar-refractivity contribution in [1.82, 2.24) is 0 Å². The highest BCUT2D eigenvalue weighted by atomic mass is 16.1. The third-order valence-corrected chi connectivity index (χ3v) is 9.44. The molecule has 1 unspecified atom stereocenters.